The van der Waals surface area contributed by atoms with Crippen LogP contribution in [0.3, 0.4) is 0 Å². The number of amides is 1. The number of aromatic nitrogens is 2. The fourth-order valence-corrected chi connectivity index (χ4v) is 3.32. The number of hydrogen-bond acceptors (Lipinski definition) is 4. The zero-order valence-electron chi connectivity index (χ0n) is 15.6. The Morgan fingerprint density at radius 2 is 2.27 bits per heavy atom. The van der Waals surface area contributed by atoms with Crippen LogP contribution in [0.15, 0.2) is 30.5 Å². The number of carbonyl (C=O) groups excluding carboxylic acids is 1. The first kappa shape index (κ1) is 18.6. The Morgan fingerprint density at radius 3 is 3.00 bits per heavy atom. The zero-order valence-corrected chi connectivity index (χ0v) is 15.6. The zero-order chi connectivity index (χ0) is 18.5. The highest BCUT2D eigenvalue weighted by Gasteiger charge is 2.20. The number of aliphatic hydroxyl groups excluding tert-OH is 1. The molecule has 1 aromatic carbocycles. The summed E-state index contributed by atoms with van der Waals surface area (Å²) in [6.07, 6.45) is 4.50. The number of nitrogens with one attached hydrogen (secondary N) is 1. The molecule has 0 spiro atoms. The second kappa shape index (κ2) is 8.47. The number of hydrogen-bond donors (Lipinski definition) is 2. The van der Waals surface area contributed by atoms with Gasteiger partial charge in [-0.3, -0.25) is 9.69 Å². The van der Waals surface area contributed by atoms with Gasteiger partial charge < -0.3 is 10.4 Å². The van der Waals surface area contributed by atoms with Gasteiger partial charge in [0.15, 0.2) is 0 Å². The van der Waals surface area contributed by atoms with Gasteiger partial charge in [0.2, 0.25) is 0 Å². The van der Waals surface area contributed by atoms with E-state index in [1.54, 1.807) is 6.20 Å². The Morgan fingerprint density at radius 1 is 1.42 bits per heavy atom. The average Bonchev–Trinajstić information content (AvgIpc) is 3.19. The van der Waals surface area contributed by atoms with Gasteiger partial charge in [0, 0.05) is 37.3 Å². The number of likely N-dealkylation sites (tertiary alicyclic amines) is 1. The lowest BCUT2D eigenvalue weighted by atomic mass is 10.1. The molecular formula is C20H28N4O2. The number of unbranched alkanes of at least 4 members (excludes halogenated alkanes) is 1. The maximum Gasteiger partial charge on any atom is 0.256 e. The Hall–Kier alpha value is -2.18. The van der Waals surface area contributed by atoms with Gasteiger partial charge in [-0.1, -0.05) is 25.5 Å². The van der Waals surface area contributed by atoms with Crippen molar-refractivity contribution in [2.45, 2.75) is 52.3 Å². The summed E-state index contributed by atoms with van der Waals surface area (Å²) >= 11 is 0. The van der Waals surface area contributed by atoms with Crippen molar-refractivity contribution in [3.63, 3.8) is 0 Å². The summed E-state index contributed by atoms with van der Waals surface area (Å²) in [5.41, 5.74) is 2.70. The summed E-state index contributed by atoms with van der Waals surface area (Å²) in [7, 11) is 0. The lowest BCUT2D eigenvalue weighted by Crippen LogP contribution is -2.22. The second-order valence-electron chi connectivity index (χ2n) is 7.09. The van der Waals surface area contributed by atoms with E-state index in [4.69, 9.17) is 0 Å². The molecule has 0 radical (unpaired) electrons. The van der Waals surface area contributed by atoms with Crippen LogP contribution in [0.5, 0.6) is 0 Å². The fourth-order valence-electron chi connectivity index (χ4n) is 3.32. The van der Waals surface area contributed by atoms with E-state index in [1.165, 1.54) is 0 Å². The van der Waals surface area contributed by atoms with Crippen molar-refractivity contribution in [2.24, 2.45) is 0 Å². The van der Waals surface area contributed by atoms with Crippen molar-refractivity contribution < 1.29 is 9.90 Å². The third kappa shape index (κ3) is 4.51. The van der Waals surface area contributed by atoms with Crippen LogP contribution >= 0.6 is 0 Å². The normalized spacial score (nSPS) is 17.6. The smallest absolute Gasteiger partial charge is 0.256 e. The van der Waals surface area contributed by atoms with E-state index in [0.717, 1.165) is 55.8 Å². The van der Waals surface area contributed by atoms with Crippen LogP contribution in [-0.2, 0) is 13.1 Å². The number of rotatable bonds is 7. The summed E-state index contributed by atoms with van der Waals surface area (Å²) in [6, 6.07) is 7.71. The summed E-state index contributed by atoms with van der Waals surface area (Å²) in [5, 5.41) is 17.0. The van der Waals surface area contributed by atoms with E-state index in [9.17, 15) is 9.90 Å². The molecule has 2 aromatic rings. The molecule has 26 heavy (non-hydrogen) atoms. The molecule has 3 rings (SSSR count). The lowest BCUT2D eigenvalue weighted by Gasteiger charge is -2.15. The third-order valence-electron chi connectivity index (χ3n) is 4.82. The van der Waals surface area contributed by atoms with Crippen molar-refractivity contribution in [2.75, 3.05) is 18.4 Å². The SMILES string of the molecule is CCCCn1ncc(C)c1NC(=O)c1cccc(CN2CC[C@H](O)C2)c1. The van der Waals surface area contributed by atoms with Crippen LogP contribution in [0, 0.1) is 6.92 Å². The lowest BCUT2D eigenvalue weighted by molar-refractivity contribution is 0.102. The second-order valence-corrected chi connectivity index (χ2v) is 7.09. The molecule has 1 atom stereocenters. The highest BCUT2D eigenvalue weighted by atomic mass is 16.3. The molecule has 0 aliphatic carbocycles. The summed E-state index contributed by atoms with van der Waals surface area (Å²) in [6.45, 7) is 7.25. The van der Waals surface area contributed by atoms with E-state index < -0.39 is 0 Å². The number of aliphatic hydroxyl groups is 1. The van der Waals surface area contributed by atoms with Crippen molar-refractivity contribution in [3.8, 4) is 0 Å². The van der Waals surface area contributed by atoms with E-state index in [0.29, 0.717) is 12.1 Å². The van der Waals surface area contributed by atoms with Crippen LogP contribution < -0.4 is 5.32 Å². The van der Waals surface area contributed by atoms with Gasteiger partial charge in [-0.2, -0.15) is 5.10 Å². The summed E-state index contributed by atoms with van der Waals surface area (Å²) < 4.78 is 1.87. The molecule has 1 saturated heterocycles. The molecule has 1 aliphatic rings. The minimum atomic E-state index is -0.229. The monoisotopic (exact) mass is 356 g/mol. The van der Waals surface area contributed by atoms with E-state index in [1.807, 2.05) is 35.9 Å². The first-order chi connectivity index (χ1) is 12.6. The Balaban J connectivity index is 1.68. The van der Waals surface area contributed by atoms with Gasteiger partial charge >= 0.3 is 0 Å². The molecule has 1 aromatic heterocycles. The number of aryl methyl sites for hydroxylation is 2. The molecule has 1 aliphatic heterocycles. The van der Waals surface area contributed by atoms with Crippen LogP contribution in [-0.4, -0.2) is 44.9 Å². The molecule has 6 heteroatoms. The maximum absolute atomic E-state index is 12.7. The molecule has 1 fully saturated rings. The molecule has 0 unspecified atom stereocenters. The predicted molar refractivity (Wildman–Crippen MR) is 102 cm³/mol. The standard InChI is InChI=1S/C20H28N4O2/c1-3-4-9-24-19(15(2)12-21-24)22-20(26)17-7-5-6-16(11-17)13-23-10-8-18(25)14-23/h5-7,11-12,18,25H,3-4,8-10,13-14H2,1-2H3,(H,22,26)/t18-/m0/s1. The average molecular weight is 356 g/mol. The minimum Gasteiger partial charge on any atom is -0.392 e. The van der Waals surface area contributed by atoms with Crippen LogP contribution in [0.1, 0.15) is 47.7 Å². The molecule has 0 bridgehead atoms. The molecule has 2 heterocycles. The molecule has 140 valence electrons. The number of nitrogens with zero attached hydrogens (tertiary/aromatic N) is 3. The number of benzene rings is 1. The van der Waals surface area contributed by atoms with Crippen molar-refractivity contribution in [1.29, 1.82) is 0 Å². The van der Waals surface area contributed by atoms with Gasteiger partial charge in [-0.25, -0.2) is 4.68 Å². The topological polar surface area (TPSA) is 70.4 Å². The summed E-state index contributed by atoms with van der Waals surface area (Å²) in [4.78, 5) is 14.9. The van der Waals surface area contributed by atoms with Gasteiger partial charge in [0.25, 0.3) is 5.91 Å². The minimum absolute atomic E-state index is 0.116. The number of carbonyl (C=O) groups is 1. The van der Waals surface area contributed by atoms with E-state index >= 15 is 0 Å². The molecule has 0 saturated carbocycles. The first-order valence-electron chi connectivity index (χ1n) is 9.40. The summed E-state index contributed by atoms with van der Waals surface area (Å²) in [5.74, 6) is 0.658. The Kier molecular flexibility index (Phi) is 6.06. The Bertz CT molecular complexity index is 756. The van der Waals surface area contributed by atoms with Gasteiger partial charge in [-0.15, -0.1) is 0 Å². The third-order valence-corrected chi connectivity index (χ3v) is 4.82. The van der Waals surface area contributed by atoms with Crippen molar-refractivity contribution in [1.82, 2.24) is 14.7 Å². The van der Waals surface area contributed by atoms with Crippen LogP contribution in [0.2, 0.25) is 0 Å². The molecule has 6 nitrogen and oxygen atoms in total. The molecule has 1 amide bonds. The van der Waals surface area contributed by atoms with Gasteiger partial charge in [0.05, 0.1) is 12.3 Å². The largest absolute Gasteiger partial charge is 0.392 e. The van der Waals surface area contributed by atoms with Crippen LogP contribution in [0.4, 0.5) is 5.82 Å². The fraction of sp³-hybridized carbons (Fsp3) is 0.500. The Labute approximate surface area is 154 Å². The highest BCUT2D eigenvalue weighted by molar-refractivity contribution is 6.04. The predicted octanol–water partition coefficient (Wildman–Crippen LogP) is 2.81. The van der Waals surface area contributed by atoms with E-state index in [2.05, 4.69) is 22.2 Å². The first-order valence-corrected chi connectivity index (χ1v) is 9.40. The van der Waals surface area contributed by atoms with Gasteiger partial charge in [-0.05, 0) is 37.5 Å². The van der Waals surface area contributed by atoms with E-state index in [-0.39, 0.29) is 12.0 Å². The van der Waals surface area contributed by atoms with Crippen LogP contribution in [0.25, 0.3) is 0 Å². The quantitative estimate of drug-likeness (QED) is 0.800. The highest BCUT2D eigenvalue weighted by Crippen LogP contribution is 2.18. The van der Waals surface area contributed by atoms with Gasteiger partial charge in [0.1, 0.15) is 5.82 Å². The number of anilines is 1. The number of β-amino-alcohol motifs (C(OH)–C–C–N with tert-alkyl or cyclic N) is 1. The maximum atomic E-state index is 12.7. The van der Waals surface area contributed by atoms with Crippen molar-refractivity contribution in [3.05, 3.63) is 47.2 Å². The molecular weight excluding hydrogens is 328 g/mol. The molecule has 2 N–H and O–H groups in total. The van der Waals surface area contributed by atoms with Crippen molar-refractivity contribution >= 4 is 11.7 Å².